The molecule has 2 N–H and O–H groups in total. The summed E-state index contributed by atoms with van der Waals surface area (Å²) in [6.45, 7) is 3.65. The Morgan fingerprint density at radius 3 is 2.35 bits per heavy atom. The first-order valence-corrected chi connectivity index (χ1v) is 7.04. The SMILES string of the molecule is COCCOCCCC(CO)(CO)c1ccccc1C. The molecule has 1 aromatic rings. The van der Waals surface area contributed by atoms with Gasteiger partial charge in [-0.2, -0.15) is 0 Å². The topological polar surface area (TPSA) is 58.9 Å². The Hall–Kier alpha value is -0.940. The molecule has 0 unspecified atom stereocenters. The summed E-state index contributed by atoms with van der Waals surface area (Å²) >= 11 is 0. The number of aliphatic hydroxyl groups is 2. The van der Waals surface area contributed by atoms with E-state index in [0.29, 0.717) is 26.2 Å². The van der Waals surface area contributed by atoms with Crippen LogP contribution < -0.4 is 0 Å². The second-order valence-corrected chi connectivity index (χ2v) is 5.12. The van der Waals surface area contributed by atoms with Gasteiger partial charge in [0.05, 0.1) is 26.4 Å². The molecule has 0 fully saturated rings. The van der Waals surface area contributed by atoms with E-state index in [4.69, 9.17) is 9.47 Å². The maximum absolute atomic E-state index is 9.77. The molecule has 0 radical (unpaired) electrons. The van der Waals surface area contributed by atoms with Crippen molar-refractivity contribution in [1.82, 2.24) is 0 Å². The third-order valence-electron chi connectivity index (χ3n) is 3.70. The predicted molar refractivity (Wildman–Crippen MR) is 79.0 cm³/mol. The van der Waals surface area contributed by atoms with Crippen LogP contribution in [-0.2, 0) is 14.9 Å². The molecule has 0 atom stereocenters. The quantitative estimate of drug-likeness (QED) is 0.641. The van der Waals surface area contributed by atoms with E-state index < -0.39 is 5.41 Å². The monoisotopic (exact) mass is 282 g/mol. The van der Waals surface area contributed by atoms with Crippen LogP contribution >= 0.6 is 0 Å². The molecule has 0 bridgehead atoms. The van der Waals surface area contributed by atoms with Crippen molar-refractivity contribution in [2.24, 2.45) is 0 Å². The van der Waals surface area contributed by atoms with Crippen molar-refractivity contribution in [3.05, 3.63) is 35.4 Å². The van der Waals surface area contributed by atoms with Crippen LogP contribution in [0.5, 0.6) is 0 Å². The highest BCUT2D eigenvalue weighted by Crippen LogP contribution is 2.31. The van der Waals surface area contributed by atoms with Gasteiger partial charge in [0.25, 0.3) is 0 Å². The van der Waals surface area contributed by atoms with Crippen molar-refractivity contribution < 1.29 is 19.7 Å². The summed E-state index contributed by atoms with van der Waals surface area (Å²) < 4.78 is 10.3. The van der Waals surface area contributed by atoms with E-state index in [2.05, 4.69) is 0 Å². The van der Waals surface area contributed by atoms with E-state index in [1.807, 2.05) is 31.2 Å². The standard InChI is InChI=1S/C16H26O4/c1-14-6-3-4-7-15(14)16(12-17,13-18)8-5-9-20-11-10-19-2/h3-4,6-7,17-18H,5,8-13H2,1-2H3. The number of methoxy groups -OCH3 is 1. The molecule has 0 saturated carbocycles. The van der Waals surface area contributed by atoms with Crippen molar-refractivity contribution in [3.63, 3.8) is 0 Å². The van der Waals surface area contributed by atoms with E-state index in [9.17, 15) is 10.2 Å². The lowest BCUT2D eigenvalue weighted by atomic mass is 9.76. The summed E-state index contributed by atoms with van der Waals surface area (Å²) in [4.78, 5) is 0. The Bertz CT molecular complexity index is 374. The van der Waals surface area contributed by atoms with Gasteiger partial charge in [0.2, 0.25) is 0 Å². The minimum Gasteiger partial charge on any atom is -0.395 e. The fraction of sp³-hybridized carbons (Fsp3) is 0.625. The van der Waals surface area contributed by atoms with Crippen molar-refractivity contribution in [1.29, 1.82) is 0 Å². The van der Waals surface area contributed by atoms with Crippen LogP contribution in [0.1, 0.15) is 24.0 Å². The molecule has 0 aliphatic heterocycles. The molecule has 0 heterocycles. The fourth-order valence-electron chi connectivity index (χ4n) is 2.44. The molecule has 0 spiro atoms. The molecule has 114 valence electrons. The van der Waals surface area contributed by atoms with Gasteiger partial charge in [-0.05, 0) is 30.9 Å². The molecule has 0 saturated heterocycles. The number of ether oxygens (including phenoxy) is 2. The average Bonchev–Trinajstić information content (AvgIpc) is 2.48. The fourth-order valence-corrected chi connectivity index (χ4v) is 2.44. The van der Waals surface area contributed by atoms with Crippen LogP contribution in [0, 0.1) is 6.92 Å². The first-order chi connectivity index (χ1) is 9.70. The lowest BCUT2D eigenvalue weighted by molar-refractivity contribution is 0.0570. The van der Waals surface area contributed by atoms with Crippen LogP contribution in [0.15, 0.2) is 24.3 Å². The molecular formula is C16H26O4. The van der Waals surface area contributed by atoms with E-state index in [1.54, 1.807) is 7.11 Å². The van der Waals surface area contributed by atoms with Gasteiger partial charge in [-0.15, -0.1) is 0 Å². The van der Waals surface area contributed by atoms with Gasteiger partial charge in [-0.1, -0.05) is 24.3 Å². The van der Waals surface area contributed by atoms with Crippen molar-refractivity contribution in [3.8, 4) is 0 Å². The van der Waals surface area contributed by atoms with E-state index in [1.165, 1.54) is 0 Å². The zero-order chi connectivity index (χ0) is 14.8. The van der Waals surface area contributed by atoms with E-state index in [-0.39, 0.29) is 13.2 Å². The lowest BCUT2D eigenvalue weighted by Crippen LogP contribution is -2.36. The molecule has 4 heteroatoms. The maximum Gasteiger partial charge on any atom is 0.0700 e. The Labute approximate surface area is 121 Å². The molecule has 1 aromatic carbocycles. The second kappa shape index (κ2) is 9.08. The van der Waals surface area contributed by atoms with Crippen LogP contribution in [0.25, 0.3) is 0 Å². The zero-order valence-electron chi connectivity index (χ0n) is 12.5. The number of rotatable bonds is 10. The normalized spacial score (nSPS) is 11.8. The summed E-state index contributed by atoms with van der Waals surface area (Å²) in [6.07, 6.45) is 1.48. The van der Waals surface area contributed by atoms with Gasteiger partial charge in [0.15, 0.2) is 0 Å². The van der Waals surface area contributed by atoms with Gasteiger partial charge >= 0.3 is 0 Å². The highest BCUT2D eigenvalue weighted by atomic mass is 16.5. The first-order valence-electron chi connectivity index (χ1n) is 7.04. The Morgan fingerprint density at radius 1 is 1.05 bits per heavy atom. The van der Waals surface area contributed by atoms with Crippen LogP contribution in [-0.4, -0.2) is 50.4 Å². The number of aryl methyl sites for hydroxylation is 1. The highest BCUT2D eigenvalue weighted by molar-refractivity contribution is 5.33. The molecule has 4 nitrogen and oxygen atoms in total. The first kappa shape index (κ1) is 17.1. The summed E-state index contributed by atoms with van der Waals surface area (Å²) in [5.41, 5.74) is 1.52. The summed E-state index contributed by atoms with van der Waals surface area (Å²) in [5.74, 6) is 0. The van der Waals surface area contributed by atoms with Gasteiger partial charge in [-0.3, -0.25) is 0 Å². The van der Waals surface area contributed by atoms with E-state index in [0.717, 1.165) is 17.5 Å². The average molecular weight is 282 g/mol. The van der Waals surface area contributed by atoms with Crippen molar-refractivity contribution in [2.45, 2.75) is 25.2 Å². The number of hydrogen-bond donors (Lipinski definition) is 2. The molecule has 20 heavy (non-hydrogen) atoms. The van der Waals surface area contributed by atoms with Crippen LogP contribution in [0.2, 0.25) is 0 Å². The van der Waals surface area contributed by atoms with Gasteiger partial charge in [0.1, 0.15) is 0 Å². The van der Waals surface area contributed by atoms with Gasteiger partial charge < -0.3 is 19.7 Å². The number of benzene rings is 1. The number of aliphatic hydroxyl groups excluding tert-OH is 2. The Balaban J connectivity index is 2.61. The lowest BCUT2D eigenvalue weighted by Gasteiger charge is -2.32. The van der Waals surface area contributed by atoms with Crippen LogP contribution in [0.3, 0.4) is 0 Å². The minimum absolute atomic E-state index is 0.0631. The summed E-state index contributed by atoms with van der Waals surface area (Å²) in [5, 5.41) is 19.5. The predicted octanol–water partition coefficient (Wildman–Crippen LogP) is 1.66. The molecular weight excluding hydrogens is 256 g/mol. The second-order valence-electron chi connectivity index (χ2n) is 5.12. The van der Waals surface area contributed by atoms with Gasteiger partial charge in [0, 0.05) is 19.1 Å². The third kappa shape index (κ3) is 4.56. The Morgan fingerprint density at radius 2 is 1.75 bits per heavy atom. The zero-order valence-corrected chi connectivity index (χ0v) is 12.5. The van der Waals surface area contributed by atoms with Gasteiger partial charge in [-0.25, -0.2) is 0 Å². The van der Waals surface area contributed by atoms with Crippen molar-refractivity contribution in [2.75, 3.05) is 40.1 Å². The van der Waals surface area contributed by atoms with Crippen molar-refractivity contribution >= 4 is 0 Å². The molecule has 0 aliphatic carbocycles. The largest absolute Gasteiger partial charge is 0.395 e. The molecule has 0 aliphatic rings. The smallest absolute Gasteiger partial charge is 0.0700 e. The highest BCUT2D eigenvalue weighted by Gasteiger charge is 2.31. The van der Waals surface area contributed by atoms with E-state index >= 15 is 0 Å². The Kier molecular flexibility index (Phi) is 7.77. The molecule has 0 aromatic heterocycles. The number of hydrogen-bond acceptors (Lipinski definition) is 4. The van der Waals surface area contributed by atoms with Crippen LogP contribution in [0.4, 0.5) is 0 Å². The minimum atomic E-state index is -0.587. The summed E-state index contributed by atoms with van der Waals surface area (Å²) in [6, 6.07) is 7.89. The third-order valence-corrected chi connectivity index (χ3v) is 3.70. The summed E-state index contributed by atoms with van der Waals surface area (Å²) in [7, 11) is 1.64. The molecule has 0 amide bonds. The molecule has 1 rings (SSSR count). The maximum atomic E-state index is 9.77.